The topological polar surface area (TPSA) is 80.0 Å². The molecule has 1 aromatic carbocycles. The third-order valence-electron chi connectivity index (χ3n) is 3.56. The average Bonchev–Trinajstić information content (AvgIpc) is 3.02. The van der Waals surface area contributed by atoms with Gasteiger partial charge in [-0.05, 0) is 26.1 Å². The van der Waals surface area contributed by atoms with E-state index < -0.39 is 0 Å². The van der Waals surface area contributed by atoms with Crippen LogP contribution in [0.15, 0.2) is 28.8 Å². The van der Waals surface area contributed by atoms with Crippen molar-refractivity contribution in [2.45, 2.75) is 39.2 Å². The van der Waals surface area contributed by atoms with Crippen molar-refractivity contribution in [3.8, 4) is 11.5 Å². The van der Waals surface area contributed by atoms with Gasteiger partial charge in [-0.25, -0.2) is 0 Å². The molecule has 0 saturated heterocycles. The summed E-state index contributed by atoms with van der Waals surface area (Å²) in [6.07, 6.45) is 0. The number of nitrogens with zero attached hydrogens (tertiary/aromatic N) is 2. The Hall–Kier alpha value is -2.21. The van der Waals surface area contributed by atoms with Gasteiger partial charge in [-0.15, -0.1) is 0 Å². The first-order valence-corrected chi connectivity index (χ1v) is 7.72. The van der Waals surface area contributed by atoms with Crippen LogP contribution in [-0.4, -0.2) is 35.7 Å². The third-order valence-corrected chi connectivity index (χ3v) is 3.56. The Morgan fingerprint density at radius 2 is 2.00 bits per heavy atom. The maximum atomic E-state index is 12.4. The molecular weight excluding hydrogens is 292 g/mol. The Labute approximate surface area is 136 Å². The van der Waals surface area contributed by atoms with E-state index in [-0.39, 0.29) is 17.4 Å². The first-order chi connectivity index (χ1) is 10.8. The van der Waals surface area contributed by atoms with E-state index in [1.54, 1.807) is 6.07 Å². The number of amides is 1. The van der Waals surface area contributed by atoms with Crippen LogP contribution in [0.25, 0.3) is 11.5 Å². The molecule has 0 bridgehead atoms. The molecule has 1 amide bonds. The van der Waals surface area contributed by atoms with Crippen molar-refractivity contribution in [2.24, 2.45) is 0 Å². The van der Waals surface area contributed by atoms with E-state index in [1.165, 1.54) is 0 Å². The van der Waals surface area contributed by atoms with Crippen LogP contribution in [0.1, 0.15) is 43.9 Å². The number of benzene rings is 1. The molecule has 0 spiro atoms. The fourth-order valence-electron chi connectivity index (χ4n) is 1.95. The minimum Gasteiger partial charge on any atom is -0.350 e. The van der Waals surface area contributed by atoms with Crippen LogP contribution in [0.2, 0.25) is 0 Å². The molecule has 6 nitrogen and oxygen atoms in total. The van der Waals surface area contributed by atoms with Crippen molar-refractivity contribution < 1.29 is 9.32 Å². The molecule has 1 unspecified atom stereocenters. The number of carbonyl (C=O) groups excluding carboxylic acids is 1. The predicted octanol–water partition coefficient (Wildman–Crippen LogP) is 2.37. The van der Waals surface area contributed by atoms with E-state index >= 15 is 0 Å². The molecule has 2 rings (SSSR count). The number of likely N-dealkylation sites (N-methyl/N-ethyl adjacent to an activating group) is 1. The summed E-state index contributed by atoms with van der Waals surface area (Å²) < 4.78 is 5.36. The molecule has 0 fully saturated rings. The van der Waals surface area contributed by atoms with Crippen LogP contribution in [0.5, 0.6) is 0 Å². The molecule has 0 aliphatic heterocycles. The second-order valence-corrected chi connectivity index (χ2v) is 6.62. The highest BCUT2D eigenvalue weighted by atomic mass is 16.5. The van der Waals surface area contributed by atoms with Crippen molar-refractivity contribution in [2.75, 3.05) is 13.6 Å². The van der Waals surface area contributed by atoms with E-state index in [4.69, 9.17) is 4.52 Å². The average molecular weight is 316 g/mol. The van der Waals surface area contributed by atoms with Crippen LogP contribution in [-0.2, 0) is 5.41 Å². The van der Waals surface area contributed by atoms with Gasteiger partial charge in [-0.2, -0.15) is 4.98 Å². The van der Waals surface area contributed by atoms with Crippen molar-refractivity contribution in [3.63, 3.8) is 0 Å². The number of rotatable bonds is 5. The Morgan fingerprint density at radius 1 is 1.30 bits per heavy atom. The highest BCUT2D eigenvalue weighted by Crippen LogP contribution is 2.26. The second-order valence-electron chi connectivity index (χ2n) is 6.62. The van der Waals surface area contributed by atoms with E-state index in [9.17, 15) is 4.79 Å². The van der Waals surface area contributed by atoms with Crippen LogP contribution >= 0.6 is 0 Å². The van der Waals surface area contributed by atoms with Gasteiger partial charge in [0, 0.05) is 18.0 Å². The molecule has 0 aliphatic carbocycles. The molecule has 1 atom stereocenters. The lowest BCUT2D eigenvalue weighted by Crippen LogP contribution is -2.37. The highest BCUT2D eigenvalue weighted by Gasteiger charge is 2.23. The Morgan fingerprint density at radius 3 is 2.61 bits per heavy atom. The fourth-order valence-corrected chi connectivity index (χ4v) is 1.95. The molecule has 124 valence electrons. The molecule has 2 N–H and O–H groups in total. The first kappa shape index (κ1) is 17.1. The van der Waals surface area contributed by atoms with Crippen molar-refractivity contribution in [3.05, 3.63) is 35.7 Å². The number of aromatic nitrogens is 2. The maximum absolute atomic E-state index is 12.4. The lowest BCUT2D eigenvalue weighted by atomic mass is 9.96. The molecule has 0 saturated carbocycles. The summed E-state index contributed by atoms with van der Waals surface area (Å²) in [6.45, 7) is 8.58. The zero-order valence-electron chi connectivity index (χ0n) is 14.3. The highest BCUT2D eigenvalue weighted by molar-refractivity contribution is 5.99. The number of hydrogen-bond acceptors (Lipinski definition) is 5. The van der Waals surface area contributed by atoms with E-state index in [1.807, 2.05) is 52.9 Å². The molecule has 0 aliphatic rings. The summed E-state index contributed by atoms with van der Waals surface area (Å²) in [7, 11) is 1.86. The summed E-state index contributed by atoms with van der Waals surface area (Å²) in [6, 6.07) is 7.44. The molecule has 23 heavy (non-hydrogen) atoms. The molecular formula is C17H24N4O2. The zero-order chi connectivity index (χ0) is 17.0. The standard InChI is InChI=1S/C17H24N4O2/c1-11(18-5)10-19-14(22)12-8-6-7-9-13(12)15-20-16(21-23-15)17(2,3)4/h6-9,11,18H,10H2,1-5H3,(H,19,22). The van der Waals surface area contributed by atoms with Gasteiger partial charge >= 0.3 is 0 Å². The SMILES string of the molecule is CNC(C)CNC(=O)c1ccccc1-c1nc(C(C)(C)C)no1. The lowest BCUT2D eigenvalue weighted by Gasteiger charge is -2.12. The fraction of sp³-hybridized carbons (Fsp3) is 0.471. The Bertz CT molecular complexity index is 673. The molecule has 1 aromatic heterocycles. The summed E-state index contributed by atoms with van der Waals surface area (Å²) in [5.41, 5.74) is 0.964. The summed E-state index contributed by atoms with van der Waals surface area (Å²) in [4.78, 5) is 16.9. The summed E-state index contributed by atoms with van der Waals surface area (Å²) >= 11 is 0. The maximum Gasteiger partial charge on any atom is 0.258 e. The number of hydrogen-bond donors (Lipinski definition) is 2. The van der Waals surface area contributed by atoms with Crippen molar-refractivity contribution >= 4 is 5.91 Å². The predicted molar refractivity (Wildman–Crippen MR) is 89.3 cm³/mol. The van der Waals surface area contributed by atoms with Crippen molar-refractivity contribution in [1.29, 1.82) is 0 Å². The third kappa shape index (κ3) is 4.16. The van der Waals surface area contributed by atoms with Gasteiger partial charge in [0.15, 0.2) is 5.82 Å². The molecule has 6 heteroatoms. The van der Waals surface area contributed by atoms with Gasteiger partial charge < -0.3 is 15.2 Å². The van der Waals surface area contributed by atoms with E-state index in [0.29, 0.717) is 29.4 Å². The number of carbonyl (C=O) groups is 1. The molecule has 0 radical (unpaired) electrons. The van der Waals surface area contributed by atoms with Crippen LogP contribution < -0.4 is 10.6 Å². The normalized spacial score (nSPS) is 12.9. The van der Waals surface area contributed by atoms with E-state index in [0.717, 1.165) is 0 Å². The number of nitrogens with one attached hydrogen (secondary N) is 2. The van der Waals surface area contributed by atoms with Gasteiger partial charge in [0.05, 0.1) is 11.1 Å². The van der Waals surface area contributed by atoms with Crippen LogP contribution in [0.3, 0.4) is 0 Å². The first-order valence-electron chi connectivity index (χ1n) is 7.72. The van der Waals surface area contributed by atoms with Gasteiger partial charge in [0.1, 0.15) is 0 Å². The van der Waals surface area contributed by atoms with E-state index in [2.05, 4.69) is 20.8 Å². The summed E-state index contributed by atoms with van der Waals surface area (Å²) in [5.74, 6) is 0.826. The minimum atomic E-state index is -0.207. The van der Waals surface area contributed by atoms with Gasteiger partial charge in [0.25, 0.3) is 11.8 Å². The van der Waals surface area contributed by atoms with Gasteiger partial charge in [-0.3, -0.25) is 4.79 Å². The van der Waals surface area contributed by atoms with Crippen molar-refractivity contribution in [1.82, 2.24) is 20.8 Å². The monoisotopic (exact) mass is 316 g/mol. The van der Waals surface area contributed by atoms with Gasteiger partial charge in [-0.1, -0.05) is 38.1 Å². The largest absolute Gasteiger partial charge is 0.350 e. The van der Waals surface area contributed by atoms with Gasteiger partial charge in [0.2, 0.25) is 0 Å². The minimum absolute atomic E-state index is 0.154. The molecule has 2 aromatic rings. The second kappa shape index (κ2) is 6.91. The summed E-state index contributed by atoms with van der Waals surface area (Å²) in [5, 5.41) is 10.0. The van der Waals surface area contributed by atoms with Crippen LogP contribution in [0.4, 0.5) is 0 Å². The quantitative estimate of drug-likeness (QED) is 0.885. The lowest BCUT2D eigenvalue weighted by molar-refractivity contribution is 0.0951. The van der Waals surface area contributed by atoms with Crippen LogP contribution in [0, 0.1) is 0 Å². The molecule has 1 heterocycles. The zero-order valence-corrected chi connectivity index (χ0v) is 14.3. The Balaban J connectivity index is 2.27. The smallest absolute Gasteiger partial charge is 0.258 e. The Kier molecular flexibility index (Phi) is 5.15.